The lowest BCUT2D eigenvalue weighted by Gasteiger charge is -2.37. The minimum absolute atomic E-state index is 0.00796. The van der Waals surface area contributed by atoms with Crippen LogP contribution < -0.4 is 0 Å². The van der Waals surface area contributed by atoms with E-state index in [-0.39, 0.29) is 17.7 Å². The monoisotopic (exact) mass is 410 g/mol. The van der Waals surface area contributed by atoms with Gasteiger partial charge in [-0.2, -0.15) is 0 Å². The fourth-order valence-corrected chi connectivity index (χ4v) is 4.30. The summed E-state index contributed by atoms with van der Waals surface area (Å²) in [5, 5.41) is 0. The Morgan fingerprint density at radius 1 is 1.08 bits per heavy atom. The summed E-state index contributed by atoms with van der Waals surface area (Å²) < 4.78 is 14.1. The number of piperidine rings is 2. The predicted molar refractivity (Wildman–Crippen MR) is 97.7 cm³/mol. The Morgan fingerprint density at radius 3 is 2.44 bits per heavy atom. The summed E-state index contributed by atoms with van der Waals surface area (Å²) >= 11 is 3.22. The first-order chi connectivity index (χ1) is 11.9. The molecule has 1 aromatic carbocycles. The minimum Gasteiger partial charge on any atom is -0.342 e. The molecule has 1 unspecified atom stereocenters. The van der Waals surface area contributed by atoms with Crippen molar-refractivity contribution in [2.24, 2.45) is 11.8 Å². The Morgan fingerprint density at radius 2 is 1.80 bits per heavy atom. The molecular weight excluding hydrogens is 387 g/mol. The Bertz CT molecular complexity index is 639. The molecular formula is C19H24BrFN2O2. The molecule has 2 aliphatic rings. The third-order valence-corrected chi connectivity index (χ3v) is 5.67. The van der Waals surface area contributed by atoms with Crippen LogP contribution in [0, 0.1) is 17.7 Å². The van der Waals surface area contributed by atoms with E-state index in [4.69, 9.17) is 0 Å². The largest absolute Gasteiger partial charge is 0.342 e. The van der Waals surface area contributed by atoms with Gasteiger partial charge >= 0.3 is 0 Å². The van der Waals surface area contributed by atoms with Gasteiger partial charge in [0.25, 0.3) is 5.91 Å². The van der Waals surface area contributed by atoms with E-state index in [1.165, 1.54) is 18.6 Å². The number of carbonyl (C=O) groups excluding carboxylic acids is 2. The van der Waals surface area contributed by atoms with Gasteiger partial charge in [0.1, 0.15) is 5.82 Å². The van der Waals surface area contributed by atoms with E-state index in [0.717, 1.165) is 19.5 Å². The van der Waals surface area contributed by atoms with Gasteiger partial charge in [0.15, 0.2) is 0 Å². The first kappa shape index (κ1) is 18.4. The van der Waals surface area contributed by atoms with Crippen molar-refractivity contribution in [3.05, 3.63) is 34.1 Å². The first-order valence-corrected chi connectivity index (χ1v) is 9.77. The van der Waals surface area contributed by atoms with Gasteiger partial charge in [0.2, 0.25) is 5.91 Å². The Labute approximate surface area is 156 Å². The second kappa shape index (κ2) is 7.85. The second-order valence-corrected chi connectivity index (χ2v) is 8.17. The molecule has 3 rings (SSSR count). The van der Waals surface area contributed by atoms with Crippen LogP contribution in [-0.4, -0.2) is 47.8 Å². The van der Waals surface area contributed by atoms with Crippen molar-refractivity contribution in [3.8, 4) is 0 Å². The third kappa shape index (κ3) is 4.40. The van der Waals surface area contributed by atoms with Crippen LogP contribution in [0.2, 0.25) is 0 Å². The lowest BCUT2D eigenvalue weighted by atomic mass is 9.92. The standard InChI is InChI=1S/C19H24BrFN2O2/c1-13-3-2-6-23(12-13)18(24)14-4-7-22(8-5-14)19(25)15-9-16(20)11-17(21)10-15/h9-11,13-14H,2-8,12H2,1H3. The number of rotatable bonds is 2. The van der Waals surface area contributed by atoms with Crippen molar-refractivity contribution in [2.45, 2.75) is 32.6 Å². The van der Waals surface area contributed by atoms with Crippen LogP contribution in [0.1, 0.15) is 43.0 Å². The number of likely N-dealkylation sites (tertiary alicyclic amines) is 2. The van der Waals surface area contributed by atoms with Gasteiger partial charge in [0.05, 0.1) is 0 Å². The average Bonchev–Trinajstić information content (AvgIpc) is 2.60. The van der Waals surface area contributed by atoms with Gasteiger partial charge in [-0.3, -0.25) is 9.59 Å². The first-order valence-electron chi connectivity index (χ1n) is 8.98. The van der Waals surface area contributed by atoms with Gasteiger partial charge in [-0.05, 0) is 49.8 Å². The van der Waals surface area contributed by atoms with E-state index >= 15 is 0 Å². The smallest absolute Gasteiger partial charge is 0.253 e. The zero-order chi connectivity index (χ0) is 18.0. The molecule has 0 bridgehead atoms. The number of carbonyl (C=O) groups is 2. The predicted octanol–water partition coefficient (Wildman–Crippen LogP) is 3.70. The van der Waals surface area contributed by atoms with Crippen molar-refractivity contribution in [3.63, 3.8) is 0 Å². The molecule has 0 N–H and O–H groups in total. The highest BCUT2D eigenvalue weighted by molar-refractivity contribution is 9.10. The lowest BCUT2D eigenvalue weighted by Crippen LogP contribution is -2.47. The van der Waals surface area contributed by atoms with Crippen LogP contribution >= 0.6 is 15.9 Å². The maximum atomic E-state index is 13.5. The van der Waals surface area contributed by atoms with Crippen LogP contribution in [0.4, 0.5) is 4.39 Å². The molecule has 136 valence electrons. The molecule has 2 heterocycles. The molecule has 2 saturated heterocycles. The zero-order valence-electron chi connectivity index (χ0n) is 14.5. The van der Waals surface area contributed by atoms with E-state index < -0.39 is 5.82 Å². The van der Waals surface area contributed by atoms with Crippen molar-refractivity contribution in [1.29, 1.82) is 0 Å². The summed E-state index contributed by atoms with van der Waals surface area (Å²) in [4.78, 5) is 29.0. The number of hydrogen-bond acceptors (Lipinski definition) is 2. The Balaban J connectivity index is 1.57. The quantitative estimate of drug-likeness (QED) is 0.745. The van der Waals surface area contributed by atoms with E-state index in [2.05, 4.69) is 22.9 Å². The molecule has 1 atom stereocenters. The summed E-state index contributed by atoms with van der Waals surface area (Å²) in [5.41, 5.74) is 0.349. The summed E-state index contributed by atoms with van der Waals surface area (Å²) in [6.45, 7) is 5.01. The van der Waals surface area contributed by atoms with Crippen molar-refractivity contribution in [2.75, 3.05) is 26.2 Å². The number of amides is 2. The van der Waals surface area contributed by atoms with Crippen LogP contribution in [0.3, 0.4) is 0 Å². The molecule has 6 heteroatoms. The third-order valence-electron chi connectivity index (χ3n) is 5.21. The normalized spacial score (nSPS) is 22.1. The fourth-order valence-electron chi connectivity index (χ4n) is 3.84. The number of hydrogen-bond donors (Lipinski definition) is 0. The highest BCUT2D eigenvalue weighted by Gasteiger charge is 2.32. The fraction of sp³-hybridized carbons (Fsp3) is 0.579. The molecule has 1 aromatic rings. The molecule has 2 amide bonds. The molecule has 2 fully saturated rings. The molecule has 0 spiro atoms. The van der Waals surface area contributed by atoms with Crippen molar-refractivity contribution in [1.82, 2.24) is 9.80 Å². The van der Waals surface area contributed by atoms with Gasteiger partial charge < -0.3 is 9.80 Å². The van der Waals surface area contributed by atoms with Gasteiger partial charge in [0, 0.05) is 42.1 Å². The molecule has 2 aliphatic heterocycles. The highest BCUT2D eigenvalue weighted by Crippen LogP contribution is 2.25. The van der Waals surface area contributed by atoms with E-state index in [9.17, 15) is 14.0 Å². The summed E-state index contributed by atoms with van der Waals surface area (Å²) in [7, 11) is 0. The molecule has 0 aliphatic carbocycles. The topological polar surface area (TPSA) is 40.6 Å². The van der Waals surface area contributed by atoms with Gasteiger partial charge in [-0.1, -0.05) is 22.9 Å². The summed E-state index contributed by atoms with van der Waals surface area (Å²) in [6.07, 6.45) is 3.65. The summed E-state index contributed by atoms with van der Waals surface area (Å²) in [6, 6.07) is 4.23. The Kier molecular flexibility index (Phi) is 5.77. The second-order valence-electron chi connectivity index (χ2n) is 7.26. The average molecular weight is 411 g/mol. The molecule has 0 radical (unpaired) electrons. The van der Waals surface area contributed by atoms with E-state index in [1.807, 2.05) is 4.90 Å². The number of benzene rings is 1. The van der Waals surface area contributed by atoms with Crippen LogP contribution in [-0.2, 0) is 4.79 Å². The summed E-state index contributed by atoms with van der Waals surface area (Å²) in [5.74, 6) is 0.228. The number of halogens is 2. The van der Waals surface area contributed by atoms with Gasteiger partial charge in [-0.25, -0.2) is 4.39 Å². The minimum atomic E-state index is -0.429. The molecule has 25 heavy (non-hydrogen) atoms. The molecule has 4 nitrogen and oxygen atoms in total. The van der Waals surface area contributed by atoms with E-state index in [0.29, 0.717) is 41.9 Å². The van der Waals surface area contributed by atoms with Crippen LogP contribution in [0.25, 0.3) is 0 Å². The lowest BCUT2D eigenvalue weighted by molar-refractivity contribution is -0.138. The number of nitrogens with zero attached hydrogens (tertiary/aromatic N) is 2. The van der Waals surface area contributed by atoms with Gasteiger partial charge in [-0.15, -0.1) is 0 Å². The maximum Gasteiger partial charge on any atom is 0.253 e. The van der Waals surface area contributed by atoms with E-state index in [1.54, 1.807) is 11.0 Å². The molecule has 0 aromatic heterocycles. The van der Waals surface area contributed by atoms with Crippen molar-refractivity contribution < 1.29 is 14.0 Å². The van der Waals surface area contributed by atoms with Crippen LogP contribution in [0.15, 0.2) is 22.7 Å². The SMILES string of the molecule is CC1CCCN(C(=O)C2CCN(C(=O)c3cc(F)cc(Br)c3)CC2)C1. The Hall–Kier alpha value is -1.43. The maximum absolute atomic E-state index is 13.5. The zero-order valence-corrected chi connectivity index (χ0v) is 16.1. The van der Waals surface area contributed by atoms with Crippen LogP contribution in [0.5, 0.6) is 0 Å². The highest BCUT2D eigenvalue weighted by atomic mass is 79.9. The van der Waals surface area contributed by atoms with Crippen molar-refractivity contribution >= 4 is 27.7 Å². The molecule has 0 saturated carbocycles.